The second-order valence-corrected chi connectivity index (χ2v) is 5.56. The van der Waals surface area contributed by atoms with Gasteiger partial charge in [-0.1, -0.05) is 51.1 Å². The van der Waals surface area contributed by atoms with Crippen LogP contribution >= 0.6 is 0 Å². The number of rotatable bonds is 3. The van der Waals surface area contributed by atoms with Gasteiger partial charge in [0.25, 0.3) is 0 Å². The third-order valence-corrected chi connectivity index (χ3v) is 2.80. The molecule has 0 aliphatic carbocycles. The topological polar surface area (TPSA) is 49.3 Å². The lowest BCUT2D eigenvalue weighted by Gasteiger charge is -2.32. The number of benzene rings is 1. The van der Waals surface area contributed by atoms with E-state index in [-0.39, 0.29) is 12.5 Å². The maximum Gasteiger partial charge on any atom is 0.226 e. The molecule has 0 radical (unpaired) electrons. The molecule has 0 spiro atoms. The van der Waals surface area contributed by atoms with Crippen LogP contribution in [-0.4, -0.2) is 17.6 Å². The molecule has 0 unspecified atom stereocenters. The summed E-state index contributed by atoms with van der Waals surface area (Å²) >= 11 is 0. The van der Waals surface area contributed by atoms with Crippen molar-refractivity contribution in [2.24, 2.45) is 5.41 Å². The normalized spacial score (nSPS) is 15.1. The van der Waals surface area contributed by atoms with E-state index in [1.54, 1.807) is 0 Å². The summed E-state index contributed by atoms with van der Waals surface area (Å²) in [7, 11) is 0. The van der Waals surface area contributed by atoms with Gasteiger partial charge in [-0.05, 0) is 12.5 Å². The number of aliphatic hydroxyl groups excluding tert-OH is 1. The molecule has 0 aliphatic heterocycles. The first-order valence-corrected chi connectivity index (χ1v) is 5.78. The summed E-state index contributed by atoms with van der Waals surface area (Å²) in [5.41, 5.74) is -0.295. The highest BCUT2D eigenvalue weighted by molar-refractivity contribution is 5.82. The predicted octanol–water partition coefficient (Wildman–Crippen LogP) is 2.06. The van der Waals surface area contributed by atoms with Crippen molar-refractivity contribution in [3.05, 3.63) is 35.9 Å². The average molecular weight is 235 g/mol. The van der Waals surface area contributed by atoms with Gasteiger partial charge in [0.05, 0.1) is 12.1 Å². The van der Waals surface area contributed by atoms with Gasteiger partial charge in [-0.2, -0.15) is 0 Å². The molecule has 1 atom stereocenters. The van der Waals surface area contributed by atoms with Crippen LogP contribution in [0.1, 0.15) is 33.3 Å². The molecule has 0 saturated heterocycles. The van der Waals surface area contributed by atoms with Gasteiger partial charge in [0.2, 0.25) is 5.91 Å². The van der Waals surface area contributed by atoms with E-state index in [1.165, 1.54) is 0 Å². The van der Waals surface area contributed by atoms with Crippen LogP contribution in [-0.2, 0) is 10.3 Å². The Balaban J connectivity index is 2.95. The van der Waals surface area contributed by atoms with Crippen molar-refractivity contribution in [1.29, 1.82) is 0 Å². The maximum atomic E-state index is 12.0. The first-order valence-electron chi connectivity index (χ1n) is 5.78. The summed E-state index contributed by atoms with van der Waals surface area (Å²) in [6.07, 6.45) is 0. The van der Waals surface area contributed by atoms with Gasteiger partial charge in [-0.3, -0.25) is 4.79 Å². The van der Waals surface area contributed by atoms with E-state index in [0.717, 1.165) is 5.56 Å². The van der Waals surface area contributed by atoms with Gasteiger partial charge in [0.1, 0.15) is 0 Å². The summed E-state index contributed by atoms with van der Waals surface area (Å²) in [6, 6.07) is 9.50. The van der Waals surface area contributed by atoms with Crippen molar-refractivity contribution < 1.29 is 9.90 Å². The summed E-state index contributed by atoms with van der Waals surface area (Å²) < 4.78 is 0. The molecule has 17 heavy (non-hydrogen) atoms. The number of amides is 1. The Hall–Kier alpha value is -1.35. The molecule has 3 heteroatoms. The summed E-state index contributed by atoms with van der Waals surface area (Å²) in [5, 5.41) is 12.4. The molecule has 1 rings (SSSR count). The Morgan fingerprint density at radius 3 is 2.12 bits per heavy atom. The average Bonchev–Trinajstić information content (AvgIpc) is 2.28. The lowest BCUT2D eigenvalue weighted by Crippen LogP contribution is -2.50. The van der Waals surface area contributed by atoms with E-state index >= 15 is 0 Å². The fourth-order valence-corrected chi connectivity index (χ4v) is 1.45. The second kappa shape index (κ2) is 4.88. The number of carbonyl (C=O) groups is 1. The van der Waals surface area contributed by atoms with E-state index in [1.807, 2.05) is 58.0 Å². The van der Waals surface area contributed by atoms with Crippen molar-refractivity contribution in [3.63, 3.8) is 0 Å². The second-order valence-electron chi connectivity index (χ2n) is 5.56. The van der Waals surface area contributed by atoms with Crippen LogP contribution < -0.4 is 5.32 Å². The van der Waals surface area contributed by atoms with Crippen molar-refractivity contribution in [2.75, 3.05) is 6.61 Å². The van der Waals surface area contributed by atoms with Gasteiger partial charge >= 0.3 is 0 Å². The van der Waals surface area contributed by atoms with Crippen molar-refractivity contribution in [2.45, 2.75) is 33.2 Å². The number of carbonyl (C=O) groups excluding carboxylic acids is 1. The monoisotopic (exact) mass is 235 g/mol. The SMILES string of the molecule is CC(C)(C)C(=O)N[C@](C)(CO)c1ccccc1. The standard InChI is InChI=1S/C14H21NO2/c1-13(2,3)12(17)15-14(4,10-16)11-8-6-5-7-9-11/h5-9,16H,10H2,1-4H3,(H,15,17)/t14-/m1/s1. The fourth-order valence-electron chi connectivity index (χ4n) is 1.45. The van der Waals surface area contributed by atoms with Crippen LogP contribution in [0.5, 0.6) is 0 Å². The zero-order chi connectivity index (χ0) is 13.1. The van der Waals surface area contributed by atoms with Gasteiger partial charge < -0.3 is 10.4 Å². The summed E-state index contributed by atoms with van der Waals surface area (Å²) in [6.45, 7) is 7.26. The minimum atomic E-state index is -0.731. The smallest absolute Gasteiger partial charge is 0.226 e. The molecule has 2 N–H and O–H groups in total. The van der Waals surface area contributed by atoms with Crippen molar-refractivity contribution in [1.82, 2.24) is 5.32 Å². The Labute approximate surface area is 103 Å². The molecular weight excluding hydrogens is 214 g/mol. The van der Waals surface area contributed by atoms with E-state index in [4.69, 9.17) is 0 Å². The number of aliphatic hydroxyl groups is 1. The van der Waals surface area contributed by atoms with Gasteiger partial charge in [0, 0.05) is 5.41 Å². The minimum Gasteiger partial charge on any atom is -0.394 e. The molecule has 1 amide bonds. The van der Waals surface area contributed by atoms with Crippen molar-refractivity contribution >= 4 is 5.91 Å². The van der Waals surface area contributed by atoms with Gasteiger partial charge in [-0.25, -0.2) is 0 Å². The lowest BCUT2D eigenvalue weighted by molar-refractivity contribution is -0.131. The molecule has 0 fully saturated rings. The summed E-state index contributed by atoms with van der Waals surface area (Å²) in [4.78, 5) is 12.0. The van der Waals surface area contributed by atoms with E-state index in [0.29, 0.717) is 0 Å². The summed E-state index contributed by atoms with van der Waals surface area (Å²) in [5.74, 6) is -0.0714. The largest absolute Gasteiger partial charge is 0.394 e. The number of nitrogens with one attached hydrogen (secondary N) is 1. The highest BCUT2D eigenvalue weighted by Gasteiger charge is 2.32. The molecule has 0 aromatic heterocycles. The van der Waals surface area contributed by atoms with Crippen molar-refractivity contribution in [3.8, 4) is 0 Å². The van der Waals surface area contributed by atoms with Gasteiger partial charge in [0.15, 0.2) is 0 Å². The highest BCUT2D eigenvalue weighted by atomic mass is 16.3. The quantitative estimate of drug-likeness (QED) is 0.842. The Morgan fingerprint density at radius 2 is 1.71 bits per heavy atom. The number of hydrogen-bond donors (Lipinski definition) is 2. The Kier molecular flexibility index (Phi) is 3.94. The van der Waals surface area contributed by atoms with Crippen LogP contribution in [0, 0.1) is 5.41 Å². The van der Waals surface area contributed by atoms with E-state index in [2.05, 4.69) is 5.32 Å². The van der Waals surface area contributed by atoms with E-state index < -0.39 is 11.0 Å². The molecule has 0 saturated carbocycles. The molecule has 1 aromatic rings. The molecule has 0 heterocycles. The third kappa shape index (κ3) is 3.30. The van der Waals surface area contributed by atoms with Crippen LogP contribution in [0.15, 0.2) is 30.3 Å². The Morgan fingerprint density at radius 1 is 1.18 bits per heavy atom. The van der Waals surface area contributed by atoms with Crippen LogP contribution in [0.25, 0.3) is 0 Å². The third-order valence-electron chi connectivity index (χ3n) is 2.80. The molecule has 3 nitrogen and oxygen atoms in total. The molecular formula is C14H21NO2. The molecule has 94 valence electrons. The zero-order valence-corrected chi connectivity index (χ0v) is 10.9. The molecule has 1 aromatic carbocycles. The Bertz CT molecular complexity index is 381. The lowest BCUT2D eigenvalue weighted by atomic mass is 9.89. The zero-order valence-electron chi connectivity index (χ0n) is 10.9. The highest BCUT2D eigenvalue weighted by Crippen LogP contribution is 2.23. The molecule has 0 bridgehead atoms. The predicted molar refractivity (Wildman–Crippen MR) is 68.5 cm³/mol. The number of hydrogen-bond acceptors (Lipinski definition) is 2. The molecule has 0 aliphatic rings. The van der Waals surface area contributed by atoms with Gasteiger partial charge in [-0.15, -0.1) is 0 Å². The van der Waals surface area contributed by atoms with Crippen LogP contribution in [0.2, 0.25) is 0 Å². The van der Waals surface area contributed by atoms with Crippen LogP contribution in [0.4, 0.5) is 0 Å². The fraction of sp³-hybridized carbons (Fsp3) is 0.500. The van der Waals surface area contributed by atoms with E-state index in [9.17, 15) is 9.90 Å². The van der Waals surface area contributed by atoms with Crippen LogP contribution in [0.3, 0.4) is 0 Å². The maximum absolute atomic E-state index is 12.0. The first-order chi connectivity index (χ1) is 7.79. The first kappa shape index (κ1) is 13.7. The minimum absolute atomic E-state index is 0.0714.